The van der Waals surface area contributed by atoms with Gasteiger partial charge in [0.25, 0.3) is 0 Å². The molecule has 0 bridgehead atoms. The van der Waals surface area contributed by atoms with E-state index in [2.05, 4.69) is 0 Å². The van der Waals surface area contributed by atoms with Crippen molar-refractivity contribution in [2.75, 3.05) is 13.7 Å². The molecule has 0 aromatic heterocycles. The van der Waals surface area contributed by atoms with Crippen LogP contribution in [0.3, 0.4) is 0 Å². The van der Waals surface area contributed by atoms with Crippen LogP contribution in [0.5, 0.6) is 0 Å². The summed E-state index contributed by atoms with van der Waals surface area (Å²) in [4.78, 5) is 0. The maximum absolute atomic E-state index is 9.59. The van der Waals surface area contributed by atoms with E-state index in [4.69, 9.17) is 9.47 Å². The van der Waals surface area contributed by atoms with Gasteiger partial charge in [0, 0.05) is 12.7 Å². The van der Waals surface area contributed by atoms with Gasteiger partial charge in [0.05, 0.1) is 6.61 Å². The van der Waals surface area contributed by atoms with Gasteiger partial charge in [-0.3, -0.25) is 0 Å². The first-order chi connectivity index (χ1) is 6.33. The quantitative estimate of drug-likeness (QED) is 0.709. The van der Waals surface area contributed by atoms with E-state index < -0.39 is 6.10 Å². The predicted octanol–water partition coefficient (Wildman–Crippen LogP) is 1.40. The minimum absolute atomic E-state index is 0.301. The molecule has 1 aliphatic rings. The van der Waals surface area contributed by atoms with Crippen LogP contribution in [0.2, 0.25) is 0 Å². The highest BCUT2D eigenvalue weighted by molar-refractivity contribution is 5.31. The summed E-state index contributed by atoms with van der Waals surface area (Å²) in [5.41, 5.74) is 1.82. The Balaban J connectivity index is 2.42. The highest BCUT2D eigenvalue weighted by Crippen LogP contribution is 2.32. The van der Waals surface area contributed by atoms with Crippen LogP contribution in [0.15, 0.2) is 24.3 Å². The molecule has 2 atom stereocenters. The Bertz CT molecular complexity index is 298. The number of aliphatic hydroxyl groups is 1. The molecule has 2 rings (SSSR count). The fourth-order valence-electron chi connectivity index (χ4n) is 1.58. The molecule has 1 aromatic rings. The minimum atomic E-state index is -0.525. The molecule has 3 nitrogen and oxygen atoms in total. The highest BCUT2D eigenvalue weighted by Gasteiger charge is 2.25. The normalized spacial score (nSPS) is 26.9. The zero-order valence-corrected chi connectivity index (χ0v) is 7.43. The molecule has 0 fully saturated rings. The fraction of sp³-hybridized carbons (Fsp3) is 0.400. The van der Waals surface area contributed by atoms with Gasteiger partial charge in [0.15, 0.2) is 6.29 Å². The van der Waals surface area contributed by atoms with E-state index in [1.165, 1.54) is 0 Å². The number of benzene rings is 1. The number of hydrogen-bond donors (Lipinski definition) is 1. The molecule has 0 saturated carbocycles. The van der Waals surface area contributed by atoms with Gasteiger partial charge in [0.1, 0.15) is 6.10 Å². The van der Waals surface area contributed by atoms with Gasteiger partial charge in [-0.15, -0.1) is 0 Å². The van der Waals surface area contributed by atoms with Gasteiger partial charge in [-0.2, -0.15) is 0 Å². The molecule has 1 N–H and O–H groups in total. The van der Waals surface area contributed by atoms with Gasteiger partial charge in [0.2, 0.25) is 0 Å². The van der Waals surface area contributed by atoms with Crippen LogP contribution in [-0.2, 0) is 9.47 Å². The molecule has 0 radical (unpaired) electrons. The van der Waals surface area contributed by atoms with E-state index in [0.29, 0.717) is 6.61 Å². The van der Waals surface area contributed by atoms with Crippen molar-refractivity contribution in [1.82, 2.24) is 0 Å². The van der Waals surface area contributed by atoms with E-state index >= 15 is 0 Å². The summed E-state index contributed by atoms with van der Waals surface area (Å²) in [7, 11) is 1.60. The van der Waals surface area contributed by atoms with E-state index in [0.717, 1.165) is 11.1 Å². The van der Waals surface area contributed by atoms with E-state index in [-0.39, 0.29) is 6.29 Å². The van der Waals surface area contributed by atoms with Crippen molar-refractivity contribution in [3.8, 4) is 0 Å². The lowest BCUT2D eigenvalue weighted by molar-refractivity contribution is -0.159. The fourth-order valence-corrected chi connectivity index (χ4v) is 1.58. The molecule has 0 amide bonds. The topological polar surface area (TPSA) is 38.7 Å². The van der Waals surface area contributed by atoms with Crippen LogP contribution in [0.25, 0.3) is 0 Å². The Morgan fingerprint density at radius 1 is 1.38 bits per heavy atom. The number of rotatable bonds is 1. The number of fused-ring (bicyclic) bond motifs is 1. The minimum Gasteiger partial charge on any atom is -0.386 e. The van der Waals surface area contributed by atoms with Gasteiger partial charge in [-0.05, 0) is 5.56 Å². The smallest absolute Gasteiger partial charge is 0.183 e. The first-order valence-corrected chi connectivity index (χ1v) is 4.24. The summed E-state index contributed by atoms with van der Waals surface area (Å²) in [6, 6.07) is 7.62. The van der Waals surface area contributed by atoms with Crippen LogP contribution >= 0.6 is 0 Å². The first-order valence-electron chi connectivity index (χ1n) is 4.24. The third-order valence-corrected chi connectivity index (χ3v) is 2.23. The Morgan fingerprint density at radius 2 is 2.08 bits per heavy atom. The second kappa shape index (κ2) is 3.46. The van der Waals surface area contributed by atoms with Crippen molar-refractivity contribution in [3.63, 3.8) is 0 Å². The van der Waals surface area contributed by atoms with Crippen molar-refractivity contribution < 1.29 is 14.6 Å². The number of aliphatic hydroxyl groups excluding tert-OH is 1. The maximum atomic E-state index is 9.59. The molecule has 0 saturated heterocycles. The molecule has 70 valence electrons. The van der Waals surface area contributed by atoms with Crippen molar-refractivity contribution in [1.29, 1.82) is 0 Å². The van der Waals surface area contributed by atoms with Gasteiger partial charge in [-0.1, -0.05) is 24.3 Å². The maximum Gasteiger partial charge on any atom is 0.183 e. The van der Waals surface area contributed by atoms with Crippen LogP contribution in [0, 0.1) is 0 Å². The first kappa shape index (κ1) is 8.69. The van der Waals surface area contributed by atoms with E-state index in [9.17, 15) is 5.11 Å². The summed E-state index contributed by atoms with van der Waals surface area (Å²) in [6.07, 6.45) is -0.859. The van der Waals surface area contributed by atoms with Crippen molar-refractivity contribution in [2.24, 2.45) is 0 Å². The molecule has 1 unspecified atom stereocenters. The third kappa shape index (κ3) is 1.46. The van der Waals surface area contributed by atoms with E-state index in [1.807, 2.05) is 24.3 Å². The van der Waals surface area contributed by atoms with Gasteiger partial charge < -0.3 is 14.6 Å². The van der Waals surface area contributed by atoms with Crippen LogP contribution in [-0.4, -0.2) is 18.8 Å². The Hall–Kier alpha value is -0.900. The molecular weight excluding hydrogens is 168 g/mol. The lowest BCUT2D eigenvalue weighted by Gasteiger charge is -2.27. The van der Waals surface area contributed by atoms with Gasteiger partial charge in [-0.25, -0.2) is 0 Å². The zero-order chi connectivity index (χ0) is 9.26. The summed E-state index contributed by atoms with van der Waals surface area (Å²) in [6.45, 7) is 0.301. The standard InChI is InChI=1S/C10H12O3/c1-12-10-8-5-3-2-4-7(8)9(11)6-13-10/h2-5,9-11H,6H2,1H3/t9-,10?/m1/s1. The number of methoxy groups -OCH3 is 1. The molecule has 0 spiro atoms. The highest BCUT2D eigenvalue weighted by atomic mass is 16.7. The molecule has 0 aliphatic carbocycles. The Labute approximate surface area is 76.9 Å². The second-order valence-electron chi connectivity index (χ2n) is 3.05. The average molecular weight is 180 g/mol. The number of ether oxygens (including phenoxy) is 2. The number of hydrogen-bond acceptors (Lipinski definition) is 3. The van der Waals surface area contributed by atoms with Crippen molar-refractivity contribution in [2.45, 2.75) is 12.4 Å². The largest absolute Gasteiger partial charge is 0.386 e. The van der Waals surface area contributed by atoms with Crippen molar-refractivity contribution >= 4 is 0 Å². The predicted molar refractivity (Wildman–Crippen MR) is 47.1 cm³/mol. The Kier molecular flexibility index (Phi) is 2.31. The monoisotopic (exact) mass is 180 g/mol. The molecular formula is C10H12O3. The summed E-state index contributed by atoms with van der Waals surface area (Å²) >= 11 is 0. The van der Waals surface area contributed by atoms with E-state index in [1.54, 1.807) is 7.11 Å². The second-order valence-corrected chi connectivity index (χ2v) is 3.05. The summed E-state index contributed by atoms with van der Waals surface area (Å²) < 4.78 is 10.4. The molecule has 1 aliphatic heterocycles. The third-order valence-electron chi connectivity index (χ3n) is 2.23. The summed E-state index contributed by atoms with van der Waals surface area (Å²) in [5, 5.41) is 9.59. The van der Waals surface area contributed by atoms with Gasteiger partial charge >= 0.3 is 0 Å². The Morgan fingerprint density at radius 3 is 2.77 bits per heavy atom. The van der Waals surface area contributed by atoms with Crippen LogP contribution in [0.1, 0.15) is 23.5 Å². The lowest BCUT2D eigenvalue weighted by Crippen LogP contribution is -2.21. The zero-order valence-electron chi connectivity index (χ0n) is 7.43. The molecule has 1 aromatic carbocycles. The molecule has 1 heterocycles. The lowest BCUT2D eigenvalue weighted by atomic mass is 10.0. The molecule has 13 heavy (non-hydrogen) atoms. The average Bonchev–Trinajstić information content (AvgIpc) is 2.19. The van der Waals surface area contributed by atoms with Crippen LogP contribution in [0.4, 0.5) is 0 Å². The van der Waals surface area contributed by atoms with Crippen molar-refractivity contribution in [3.05, 3.63) is 35.4 Å². The molecule has 3 heteroatoms. The SMILES string of the molecule is COC1OC[C@@H](O)c2ccccc21. The summed E-state index contributed by atoms with van der Waals surface area (Å²) in [5.74, 6) is 0. The van der Waals surface area contributed by atoms with Crippen LogP contribution < -0.4 is 0 Å².